The van der Waals surface area contributed by atoms with Gasteiger partial charge in [-0.25, -0.2) is 4.39 Å². The Morgan fingerprint density at radius 2 is 1.70 bits per heavy atom. The quantitative estimate of drug-likeness (QED) is 0.512. The van der Waals surface area contributed by atoms with Gasteiger partial charge in [0.2, 0.25) is 0 Å². The maximum Gasteiger partial charge on any atom is 0.123 e. The molecule has 20 heavy (non-hydrogen) atoms. The number of hydrogen-bond donors (Lipinski definition) is 0. The largest absolute Gasteiger partial charge is 0.371 e. The van der Waals surface area contributed by atoms with Crippen LogP contribution in [0.5, 0.6) is 0 Å². The Kier molecular flexibility index (Phi) is 5.88. The van der Waals surface area contributed by atoms with E-state index in [9.17, 15) is 4.39 Å². The molecule has 0 bridgehead atoms. The standard InChI is InChI=1S/C17H25BrFN/c1-2-20(16-9-7-15(19)8-10-16)14-17(13-18)11-5-3-4-6-12-17/h7-10H,2-6,11-14H2,1H3. The van der Waals surface area contributed by atoms with Gasteiger partial charge in [-0.3, -0.25) is 0 Å². The van der Waals surface area contributed by atoms with Gasteiger partial charge in [0.1, 0.15) is 5.82 Å². The van der Waals surface area contributed by atoms with Crippen molar-refractivity contribution in [1.29, 1.82) is 0 Å². The Labute approximate surface area is 130 Å². The van der Waals surface area contributed by atoms with Crippen LogP contribution in [-0.2, 0) is 0 Å². The van der Waals surface area contributed by atoms with Crippen LogP contribution in [0.1, 0.15) is 45.4 Å². The molecule has 2 rings (SSSR count). The van der Waals surface area contributed by atoms with E-state index in [1.807, 2.05) is 12.1 Å². The van der Waals surface area contributed by atoms with Gasteiger partial charge in [0.25, 0.3) is 0 Å². The predicted octanol–water partition coefficient (Wildman–Crippen LogP) is 5.39. The lowest BCUT2D eigenvalue weighted by Crippen LogP contribution is -2.39. The number of anilines is 1. The van der Waals surface area contributed by atoms with Gasteiger partial charge in [-0.1, -0.05) is 41.6 Å². The van der Waals surface area contributed by atoms with Crippen LogP contribution < -0.4 is 4.90 Å². The summed E-state index contributed by atoms with van der Waals surface area (Å²) >= 11 is 3.76. The first-order chi connectivity index (χ1) is 9.69. The van der Waals surface area contributed by atoms with Crippen LogP contribution in [0.2, 0.25) is 0 Å². The molecule has 1 fully saturated rings. The third-order valence-corrected chi connectivity index (χ3v) is 5.74. The fourth-order valence-corrected chi connectivity index (χ4v) is 3.99. The highest BCUT2D eigenvalue weighted by molar-refractivity contribution is 9.09. The molecule has 3 heteroatoms. The Hall–Kier alpha value is -0.570. The second-order valence-corrected chi connectivity index (χ2v) is 6.60. The van der Waals surface area contributed by atoms with Gasteiger partial charge in [0, 0.05) is 24.1 Å². The van der Waals surface area contributed by atoms with E-state index in [2.05, 4.69) is 27.8 Å². The van der Waals surface area contributed by atoms with E-state index in [1.54, 1.807) is 12.1 Å². The third-order valence-electron chi connectivity index (χ3n) is 4.55. The Balaban J connectivity index is 2.12. The average Bonchev–Trinajstić information content (AvgIpc) is 2.72. The number of halogens is 2. The first kappa shape index (κ1) is 15.8. The number of alkyl halides is 1. The molecule has 0 unspecified atom stereocenters. The fraction of sp³-hybridized carbons (Fsp3) is 0.647. The average molecular weight is 342 g/mol. The van der Waals surface area contributed by atoms with Crippen molar-refractivity contribution >= 4 is 21.6 Å². The molecule has 112 valence electrons. The normalized spacial score (nSPS) is 18.6. The Morgan fingerprint density at radius 1 is 1.10 bits per heavy atom. The summed E-state index contributed by atoms with van der Waals surface area (Å²) in [7, 11) is 0. The number of benzene rings is 1. The van der Waals surface area contributed by atoms with Gasteiger partial charge in [-0.2, -0.15) is 0 Å². The van der Waals surface area contributed by atoms with Crippen molar-refractivity contribution in [2.45, 2.75) is 45.4 Å². The van der Waals surface area contributed by atoms with E-state index in [0.29, 0.717) is 5.41 Å². The summed E-state index contributed by atoms with van der Waals surface area (Å²) in [5.41, 5.74) is 1.51. The van der Waals surface area contributed by atoms with E-state index >= 15 is 0 Å². The van der Waals surface area contributed by atoms with Gasteiger partial charge >= 0.3 is 0 Å². The SMILES string of the molecule is CCN(CC1(CBr)CCCCCC1)c1ccc(F)cc1. The molecule has 0 saturated heterocycles. The maximum atomic E-state index is 13.1. The zero-order valence-corrected chi connectivity index (χ0v) is 14.0. The van der Waals surface area contributed by atoms with Crippen LogP contribution >= 0.6 is 15.9 Å². The second-order valence-electron chi connectivity index (χ2n) is 6.04. The molecule has 0 heterocycles. The monoisotopic (exact) mass is 341 g/mol. The molecule has 1 aromatic rings. The summed E-state index contributed by atoms with van der Waals surface area (Å²) in [5, 5.41) is 1.07. The van der Waals surface area contributed by atoms with Gasteiger partial charge in [-0.05, 0) is 49.4 Å². The first-order valence-electron chi connectivity index (χ1n) is 7.75. The molecular formula is C17H25BrFN. The van der Waals surface area contributed by atoms with E-state index in [-0.39, 0.29) is 5.82 Å². The topological polar surface area (TPSA) is 3.24 Å². The molecule has 0 aromatic heterocycles. The van der Waals surface area contributed by atoms with Crippen LogP contribution in [0.4, 0.5) is 10.1 Å². The predicted molar refractivity (Wildman–Crippen MR) is 88.2 cm³/mol. The van der Waals surface area contributed by atoms with Gasteiger partial charge < -0.3 is 4.90 Å². The third kappa shape index (κ3) is 3.97. The maximum absolute atomic E-state index is 13.1. The van der Waals surface area contributed by atoms with E-state index in [4.69, 9.17) is 0 Å². The smallest absolute Gasteiger partial charge is 0.123 e. The molecule has 0 spiro atoms. The Morgan fingerprint density at radius 3 is 2.20 bits per heavy atom. The van der Waals surface area contributed by atoms with Crippen molar-refractivity contribution < 1.29 is 4.39 Å². The second kappa shape index (κ2) is 7.44. The molecule has 1 aliphatic carbocycles. The highest BCUT2D eigenvalue weighted by atomic mass is 79.9. The minimum atomic E-state index is -0.158. The molecule has 1 aliphatic rings. The summed E-state index contributed by atoms with van der Waals surface area (Å²) in [4.78, 5) is 2.39. The minimum Gasteiger partial charge on any atom is -0.371 e. The summed E-state index contributed by atoms with van der Waals surface area (Å²) in [5.74, 6) is -0.158. The highest BCUT2D eigenvalue weighted by Crippen LogP contribution is 2.38. The van der Waals surface area contributed by atoms with Crippen molar-refractivity contribution in [3.05, 3.63) is 30.1 Å². The zero-order chi connectivity index (χ0) is 14.4. The van der Waals surface area contributed by atoms with E-state index in [1.165, 1.54) is 38.5 Å². The lowest BCUT2D eigenvalue weighted by atomic mass is 9.82. The molecule has 0 atom stereocenters. The van der Waals surface area contributed by atoms with Crippen molar-refractivity contribution in [2.75, 3.05) is 23.3 Å². The summed E-state index contributed by atoms with van der Waals surface area (Å²) in [6.45, 7) is 4.22. The Bertz CT molecular complexity index is 396. The molecule has 0 aliphatic heterocycles. The summed E-state index contributed by atoms with van der Waals surface area (Å²) in [6, 6.07) is 6.92. The van der Waals surface area contributed by atoms with Crippen molar-refractivity contribution in [2.24, 2.45) is 5.41 Å². The highest BCUT2D eigenvalue weighted by Gasteiger charge is 2.31. The van der Waals surface area contributed by atoms with Crippen LogP contribution in [0.25, 0.3) is 0 Å². The van der Waals surface area contributed by atoms with E-state index < -0.39 is 0 Å². The number of nitrogens with zero attached hydrogens (tertiary/aromatic N) is 1. The van der Waals surface area contributed by atoms with Crippen LogP contribution in [0.3, 0.4) is 0 Å². The first-order valence-corrected chi connectivity index (χ1v) is 8.88. The van der Waals surface area contributed by atoms with Gasteiger partial charge in [0.15, 0.2) is 0 Å². The minimum absolute atomic E-state index is 0.158. The van der Waals surface area contributed by atoms with Crippen LogP contribution in [0.15, 0.2) is 24.3 Å². The van der Waals surface area contributed by atoms with Crippen LogP contribution in [-0.4, -0.2) is 18.4 Å². The lowest BCUT2D eigenvalue weighted by molar-refractivity contribution is 0.292. The summed E-state index contributed by atoms with van der Waals surface area (Å²) in [6.07, 6.45) is 8.03. The number of rotatable bonds is 5. The molecule has 0 radical (unpaired) electrons. The molecule has 1 saturated carbocycles. The zero-order valence-electron chi connectivity index (χ0n) is 12.4. The fourth-order valence-electron chi connectivity index (χ4n) is 3.26. The van der Waals surface area contributed by atoms with Gasteiger partial charge in [-0.15, -0.1) is 0 Å². The molecule has 0 amide bonds. The van der Waals surface area contributed by atoms with Crippen molar-refractivity contribution in [3.8, 4) is 0 Å². The van der Waals surface area contributed by atoms with Crippen LogP contribution in [0, 0.1) is 11.2 Å². The van der Waals surface area contributed by atoms with Crippen molar-refractivity contribution in [1.82, 2.24) is 0 Å². The summed E-state index contributed by atoms with van der Waals surface area (Å²) < 4.78 is 13.1. The lowest BCUT2D eigenvalue weighted by Gasteiger charge is -2.37. The van der Waals surface area contributed by atoms with Gasteiger partial charge in [0.05, 0.1) is 0 Å². The van der Waals surface area contributed by atoms with Crippen molar-refractivity contribution in [3.63, 3.8) is 0 Å². The molecular weight excluding hydrogens is 317 g/mol. The molecule has 1 aromatic carbocycles. The molecule has 1 nitrogen and oxygen atoms in total. The number of hydrogen-bond acceptors (Lipinski definition) is 1. The molecule has 0 N–H and O–H groups in total. The van der Waals surface area contributed by atoms with E-state index in [0.717, 1.165) is 24.1 Å².